The molecule has 1 aromatic rings. The lowest BCUT2D eigenvalue weighted by molar-refractivity contribution is -0.124. The van der Waals surface area contributed by atoms with Crippen LogP contribution in [0.15, 0.2) is 24.3 Å². The monoisotopic (exact) mass is 315 g/mol. The fraction of sp³-hybridized carbons (Fsp3) is 0.611. The molecule has 3 aliphatic heterocycles. The van der Waals surface area contributed by atoms with Crippen LogP contribution in [0.3, 0.4) is 0 Å². The Morgan fingerprint density at radius 1 is 1.26 bits per heavy atom. The molecule has 23 heavy (non-hydrogen) atoms. The maximum Gasteiger partial charge on any atom is 0.252 e. The van der Waals surface area contributed by atoms with Gasteiger partial charge in [-0.2, -0.15) is 0 Å². The van der Waals surface area contributed by atoms with E-state index in [9.17, 15) is 4.79 Å². The number of rotatable bonds is 3. The van der Waals surface area contributed by atoms with Gasteiger partial charge >= 0.3 is 0 Å². The van der Waals surface area contributed by atoms with Crippen LogP contribution in [0.1, 0.15) is 25.7 Å². The molecule has 1 spiro atoms. The van der Waals surface area contributed by atoms with Crippen molar-refractivity contribution in [3.63, 3.8) is 0 Å². The van der Waals surface area contributed by atoms with Crippen molar-refractivity contribution < 1.29 is 9.53 Å². The number of nitrogens with one attached hydrogen (secondary N) is 2. The Hall–Kier alpha value is -1.59. The molecule has 2 N–H and O–H groups in total. The maximum atomic E-state index is 13.3. The molecule has 1 amide bonds. The Morgan fingerprint density at radius 3 is 2.87 bits per heavy atom. The van der Waals surface area contributed by atoms with Crippen molar-refractivity contribution >= 4 is 17.3 Å². The molecule has 0 aliphatic carbocycles. The van der Waals surface area contributed by atoms with Crippen molar-refractivity contribution in [3.8, 4) is 0 Å². The van der Waals surface area contributed by atoms with Gasteiger partial charge in [-0.15, -0.1) is 0 Å². The molecule has 2 fully saturated rings. The minimum atomic E-state index is -0.425. The third-order valence-electron chi connectivity index (χ3n) is 5.47. The predicted octanol–water partition coefficient (Wildman–Crippen LogP) is 1.99. The summed E-state index contributed by atoms with van der Waals surface area (Å²) >= 11 is 0. The van der Waals surface area contributed by atoms with Gasteiger partial charge in [-0.3, -0.25) is 4.79 Å². The first kappa shape index (κ1) is 15.0. The molecule has 3 aliphatic rings. The number of piperidine rings is 1. The quantitative estimate of drug-likeness (QED) is 0.896. The number of hydrogen-bond acceptors (Lipinski definition) is 4. The maximum absolute atomic E-state index is 13.3. The summed E-state index contributed by atoms with van der Waals surface area (Å²) in [6, 6.07) is 8.20. The van der Waals surface area contributed by atoms with E-state index < -0.39 is 5.54 Å². The van der Waals surface area contributed by atoms with Crippen molar-refractivity contribution in [1.82, 2.24) is 5.32 Å². The Morgan fingerprint density at radius 2 is 2.09 bits per heavy atom. The van der Waals surface area contributed by atoms with Crippen molar-refractivity contribution in [2.75, 3.05) is 43.1 Å². The zero-order valence-corrected chi connectivity index (χ0v) is 13.5. The Bertz CT molecular complexity index is 577. The van der Waals surface area contributed by atoms with Crippen LogP contribution in [-0.2, 0) is 9.53 Å². The molecular weight excluding hydrogens is 290 g/mol. The highest BCUT2D eigenvalue weighted by atomic mass is 16.5. The standard InChI is InChI=1S/C18H25N3O2/c22-17-18(7-9-19-10-8-18)20-15-3-1-2-4-16(15)21(17)11-5-14-6-12-23-13-14/h1-4,14,19-20H,5-13H2/t14-/m0/s1. The molecule has 0 saturated carbocycles. The second-order valence-corrected chi connectivity index (χ2v) is 6.95. The number of carbonyl (C=O) groups is 1. The van der Waals surface area contributed by atoms with E-state index in [4.69, 9.17) is 4.74 Å². The van der Waals surface area contributed by atoms with Gasteiger partial charge in [0.25, 0.3) is 5.91 Å². The van der Waals surface area contributed by atoms with Crippen LogP contribution < -0.4 is 15.5 Å². The number of fused-ring (bicyclic) bond motifs is 1. The van der Waals surface area contributed by atoms with Gasteiger partial charge in [-0.25, -0.2) is 0 Å². The van der Waals surface area contributed by atoms with Crippen LogP contribution in [0.2, 0.25) is 0 Å². The van der Waals surface area contributed by atoms with Crippen molar-refractivity contribution in [3.05, 3.63) is 24.3 Å². The molecule has 5 heteroatoms. The predicted molar refractivity (Wildman–Crippen MR) is 90.8 cm³/mol. The summed E-state index contributed by atoms with van der Waals surface area (Å²) in [5.41, 5.74) is 1.70. The van der Waals surface area contributed by atoms with E-state index in [1.807, 2.05) is 17.0 Å². The first-order chi connectivity index (χ1) is 11.3. The van der Waals surface area contributed by atoms with E-state index >= 15 is 0 Å². The average molecular weight is 315 g/mol. The van der Waals surface area contributed by atoms with Crippen molar-refractivity contribution in [2.45, 2.75) is 31.2 Å². The fourth-order valence-electron chi connectivity index (χ4n) is 4.03. The van der Waals surface area contributed by atoms with Crippen molar-refractivity contribution in [1.29, 1.82) is 0 Å². The van der Waals surface area contributed by atoms with Gasteiger partial charge in [0, 0.05) is 19.8 Å². The summed E-state index contributed by atoms with van der Waals surface area (Å²) < 4.78 is 5.48. The van der Waals surface area contributed by atoms with Crippen LogP contribution in [0.4, 0.5) is 11.4 Å². The van der Waals surface area contributed by atoms with Gasteiger partial charge in [0.2, 0.25) is 0 Å². The lowest BCUT2D eigenvalue weighted by Gasteiger charge is -2.46. The molecule has 124 valence electrons. The molecular formula is C18H25N3O2. The summed E-state index contributed by atoms with van der Waals surface area (Å²) in [6.45, 7) is 4.29. The number of benzene rings is 1. The van der Waals surface area contributed by atoms with Crippen LogP contribution in [0.5, 0.6) is 0 Å². The van der Waals surface area contributed by atoms with Crippen molar-refractivity contribution in [2.24, 2.45) is 5.92 Å². The van der Waals surface area contributed by atoms with E-state index in [1.54, 1.807) is 0 Å². The van der Waals surface area contributed by atoms with Crippen LogP contribution in [0.25, 0.3) is 0 Å². The minimum Gasteiger partial charge on any atom is -0.381 e. The first-order valence-corrected chi connectivity index (χ1v) is 8.76. The normalized spacial score (nSPS) is 26.2. The molecule has 5 nitrogen and oxygen atoms in total. The molecule has 1 aromatic carbocycles. The summed E-state index contributed by atoms with van der Waals surface area (Å²) in [7, 11) is 0. The molecule has 4 rings (SSSR count). The van der Waals surface area contributed by atoms with Crippen LogP contribution >= 0.6 is 0 Å². The van der Waals surface area contributed by atoms with Gasteiger partial charge in [0.05, 0.1) is 11.4 Å². The van der Waals surface area contributed by atoms with Gasteiger partial charge in [-0.05, 0) is 56.8 Å². The summed E-state index contributed by atoms with van der Waals surface area (Å²) in [5, 5.41) is 6.93. The summed E-state index contributed by atoms with van der Waals surface area (Å²) in [5.74, 6) is 0.838. The highest BCUT2D eigenvalue weighted by Gasteiger charge is 2.46. The summed E-state index contributed by atoms with van der Waals surface area (Å²) in [4.78, 5) is 15.3. The van der Waals surface area contributed by atoms with Gasteiger partial charge in [0.1, 0.15) is 5.54 Å². The van der Waals surface area contributed by atoms with E-state index in [-0.39, 0.29) is 5.91 Å². The number of para-hydroxylation sites is 2. The van der Waals surface area contributed by atoms with Gasteiger partial charge in [0.15, 0.2) is 0 Å². The zero-order chi connectivity index (χ0) is 15.7. The summed E-state index contributed by atoms with van der Waals surface area (Å²) in [6.07, 6.45) is 3.85. The largest absolute Gasteiger partial charge is 0.381 e. The Balaban J connectivity index is 1.60. The van der Waals surface area contributed by atoms with E-state index in [1.165, 1.54) is 0 Å². The fourth-order valence-corrected chi connectivity index (χ4v) is 4.03. The number of amides is 1. The average Bonchev–Trinajstić information content (AvgIpc) is 3.10. The van der Waals surface area contributed by atoms with Crippen LogP contribution in [-0.4, -0.2) is 44.3 Å². The number of nitrogens with zero attached hydrogens (tertiary/aromatic N) is 1. The number of anilines is 2. The molecule has 0 aromatic heterocycles. The van der Waals surface area contributed by atoms with E-state index in [0.29, 0.717) is 5.92 Å². The molecule has 0 unspecified atom stereocenters. The van der Waals surface area contributed by atoms with E-state index in [0.717, 1.165) is 69.9 Å². The molecule has 2 saturated heterocycles. The SMILES string of the molecule is O=C1N(CC[C@H]2CCOC2)c2ccccc2NC12CCNCC2. The topological polar surface area (TPSA) is 53.6 Å². The third-order valence-corrected chi connectivity index (χ3v) is 5.47. The molecule has 1 atom stereocenters. The number of carbonyl (C=O) groups excluding carboxylic acids is 1. The Kier molecular flexibility index (Phi) is 3.99. The lowest BCUT2D eigenvalue weighted by atomic mass is 9.84. The Labute approximate surface area is 137 Å². The highest BCUT2D eigenvalue weighted by molar-refractivity contribution is 6.08. The minimum absolute atomic E-state index is 0.247. The van der Waals surface area contributed by atoms with E-state index in [2.05, 4.69) is 22.8 Å². The molecule has 0 radical (unpaired) electrons. The number of hydrogen-bond donors (Lipinski definition) is 2. The van der Waals surface area contributed by atoms with Gasteiger partial charge in [-0.1, -0.05) is 12.1 Å². The zero-order valence-electron chi connectivity index (χ0n) is 13.5. The molecule has 0 bridgehead atoms. The van der Waals surface area contributed by atoms with Crippen LogP contribution in [0, 0.1) is 5.92 Å². The molecule has 3 heterocycles. The second-order valence-electron chi connectivity index (χ2n) is 6.95. The van der Waals surface area contributed by atoms with Gasteiger partial charge < -0.3 is 20.3 Å². The smallest absolute Gasteiger partial charge is 0.252 e. The first-order valence-electron chi connectivity index (χ1n) is 8.76. The lowest BCUT2D eigenvalue weighted by Crippen LogP contribution is -2.61. The highest BCUT2D eigenvalue weighted by Crippen LogP contribution is 2.39. The second kappa shape index (κ2) is 6.13. The third kappa shape index (κ3) is 2.72. The number of ether oxygens (including phenoxy) is 1.